The summed E-state index contributed by atoms with van der Waals surface area (Å²) in [5.41, 5.74) is 6.84. The zero-order chi connectivity index (χ0) is 18.4. The number of para-hydroxylation sites is 2. The highest BCUT2D eigenvalue weighted by molar-refractivity contribution is 5.93. The molecule has 7 heteroatoms. The van der Waals surface area contributed by atoms with Crippen LogP contribution < -0.4 is 10.9 Å². The molecule has 2 amide bonds. The molecule has 134 valence electrons. The molecule has 3 rings (SSSR count). The van der Waals surface area contributed by atoms with Gasteiger partial charge in [0.25, 0.3) is 11.8 Å². The van der Waals surface area contributed by atoms with Crippen molar-refractivity contribution in [3.05, 3.63) is 60.2 Å². The van der Waals surface area contributed by atoms with Gasteiger partial charge in [0.05, 0.1) is 11.0 Å². The first kappa shape index (κ1) is 17.6. The summed E-state index contributed by atoms with van der Waals surface area (Å²) in [6.07, 6.45) is 4.38. The summed E-state index contributed by atoms with van der Waals surface area (Å²) in [5.74, 6) is 0.0927. The van der Waals surface area contributed by atoms with Crippen LogP contribution in [0, 0.1) is 0 Å². The summed E-state index contributed by atoms with van der Waals surface area (Å²) in [7, 11) is 0. The van der Waals surface area contributed by atoms with Crippen LogP contribution in [0.15, 0.2) is 48.7 Å². The third kappa shape index (κ3) is 4.05. The van der Waals surface area contributed by atoms with E-state index >= 15 is 0 Å². The van der Waals surface area contributed by atoms with Gasteiger partial charge in [0.15, 0.2) is 0 Å². The van der Waals surface area contributed by atoms with Crippen LogP contribution in [0.2, 0.25) is 0 Å². The molecule has 0 aliphatic carbocycles. The van der Waals surface area contributed by atoms with Crippen LogP contribution in [0.3, 0.4) is 0 Å². The van der Waals surface area contributed by atoms with Crippen molar-refractivity contribution < 1.29 is 9.59 Å². The van der Waals surface area contributed by atoms with Gasteiger partial charge in [-0.2, -0.15) is 0 Å². The van der Waals surface area contributed by atoms with E-state index in [1.165, 1.54) is 6.20 Å². The van der Waals surface area contributed by atoms with E-state index in [2.05, 4.69) is 27.7 Å². The van der Waals surface area contributed by atoms with Crippen molar-refractivity contribution in [2.45, 2.75) is 32.7 Å². The molecule has 26 heavy (non-hydrogen) atoms. The minimum absolute atomic E-state index is 0.0854. The lowest BCUT2D eigenvalue weighted by Gasteiger charge is -2.10. The molecule has 0 aliphatic rings. The summed E-state index contributed by atoms with van der Waals surface area (Å²) in [4.78, 5) is 32.9. The Labute approximate surface area is 151 Å². The molecule has 2 N–H and O–H groups in total. The van der Waals surface area contributed by atoms with E-state index in [4.69, 9.17) is 0 Å². The van der Waals surface area contributed by atoms with Crippen molar-refractivity contribution in [2.24, 2.45) is 0 Å². The van der Waals surface area contributed by atoms with Crippen LogP contribution in [-0.2, 0) is 17.8 Å². The number of aryl methyl sites for hydroxylation is 1. The molecule has 0 atom stereocenters. The predicted octanol–water partition coefficient (Wildman–Crippen LogP) is 2.24. The van der Waals surface area contributed by atoms with Gasteiger partial charge in [-0.25, -0.2) is 4.98 Å². The zero-order valence-corrected chi connectivity index (χ0v) is 14.6. The highest BCUT2D eigenvalue weighted by atomic mass is 16.2. The number of hydrazine groups is 1. The first-order chi connectivity index (χ1) is 12.7. The van der Waals surface area contributed by atoms with Crippen molar-refractivity contribution >= 4 is 22.8 Å². The average Bonchev–Trinajstić information content (AvgIpc) is 3.02. The summed E-state index contributed by atoms with van der Waals surface area (Å²) in [5, 5.41) is 0. The van der Waals surface area contributed by atoms with Crippen molar-refractivity contribution in [1.82, 2.24) is 25.4 Å². The Balaban J connectivity index is 1.69. The van der Waals surface area contributed by atoms with Crippen LogP contribution in [0.4, 0.5) is 0 Å². The smallest absolute Gasteiger partial charge is 0.288 e. The predicted molar refractivity (Wildman–Crippen MR) is 98.2 cm³/mol. The second-order valence-corrected chi connectivity index (χ2v) is 5.92. The molecular weight excluding hydrogens is 330 g/mol. The molecule has 0 saturated heterocycles. The maximum Gasteiger partial charge on any atom is 0.288 e. The molecule has 0 spiro atoms. The Kier molecular flexibility index (Phi) is 5.58. The quantitative estimate of drug-likeness (QED) is 0.667. The molecule has 0 radical (unpaired) electrons. The Hall–Kier alpha value is -3.22. The second kappa shape index (κ2) is 8.24. The minimum atomic E-state index is -0.458. The average molecular weight is 351 g/mol. The number of nitrogens with zero attached hydrogens (tertiary/aromatic N) is 3. The fraction of sp³-hybridized carbons (Fsp3) is 0.263. The molecule has 0 unspecified atom stereocenters. The number of pyridine rings is 1. The molecule has 0 aliphatic heterocycles. The van der Waals surface area contributed by atoms with Gasteiger partial charge >= 0.3 is 0 Å². The van der Waals surface area contributed by atoms with Crippen LogP contribution in [-0.4, -0.2) is 26.3 Å². The number of rotatable bonds is 6. The van der Waals surface area contributed by atoms with E-state index in [1.54, 1.807) is 18.2 Å². The van der Waals surface area contributed by atoms with Crippen molar-refractivity contribution in [3.8, 4) is 0 Å². The number of fused-ring (bicyclic) bond motifs is 1. The van der Waals surface area contributed by atoms with Crippen LogP contribution in [0.1, 0.15) is 36.1 Å². The van der Waals surface area contributed by atoms with Crippen LogP contribution >= 0.6 is 0 Å². The first-order valence-electron chi connectivity index (χ1n) is 8.63. The molecule has 0 bridgehead atoms. The Morgan fingerprint density at radius 2 is 1.88 bits per heavy atom. The van der Waals surface area contributed by atoms with Gasteiger partial charge in [0, 0.05) is 12.6 Å². The topological polar surface area (TPSA) is 88.9 Å². The number of carbonyl (C=O) groups is 2. The molecular formula is C19H21N5O2. The summed E-state index contributed by atoms with van der Waals surface area (Å²) >= 11 is 0. The van der Waals surface area contributed by atoms with Crippen molar-refractivity contribution in [1.29, 1.82) is 0 Å². The Morgan fingerprint density at radius 3 is 2.65 bits per heavy atom. The first-order valence-corrected chi connectivity index (χ1v) is 8.63. The van der Waals surface area contributed by atoms with Crippen molar-refractivity contribution in [3.63, 3.8) is 0 Å². The van der Waals surface area contributed by atoms with Gasteiger partial charge in [-0.15, -0.1) is 0 Å². The number of carbonyl (C=O) groups excluding carboxylic acids is 2. The molecule has 2 heterocycles. The van der Waals surface area contributed by atoms with Gasteiger partial charge in [-0.3, -0.25) is 25.4 Å². The maximum atomic E-state index is 12.3. The lowest BCUT2D eigenvalue weighted by atomic mass is 10.2. The third-order valence-corrected chi connectivity index (χ3v) is 4.00. The van der Waals surface area contributed by atoms with E-state index in [-0.39, 0.29) is 18.1 Å². The molecule has 1 aromatic carbocycles. The van der Waals surface area contributed by atoms with Gasteiger partial charge in [-0.05, 0) is 30.7 Å². The monoisotopic (exact) mass is 351 g/mol. The number of unbranched alkanes of at least 4 members (excludes halogenated alkanes) is 1. The standard InChI is InChI=1S/C19H21N5O2/c1-2-3-11-17-21-14-8-4-5-10-16(14)24(17)13-18(25)22-23-19(26)15-9-6-7-12-20-15/h4-10,12H,2-3,11,13H2,1H3,(H,22,25)(H,23,26). The van der Waals surface area contributed by atoms with E-state index in [0.717, 1.165) is 36.1 Å². The summed E-state index contributed by atoms with van der Waals surface area (Å²) < 4.78 is 1.90. The molecule has 3 aromatic rings. The SMILES string of the molecule is CCCCc1nc2ccccc2n1CC(=O)NNC(=O)c1ccccn1. The number of benzene rings is 1. The van der Waals surface area contributed by atoms with Gasteiger partial charge < -0.3 is 4.57 Å². The molecule has 0 fully saturated rings. The molecule has 0 saturated carbocycles. The molecule has 2 aromatic heterocycles. The largest absolute Gasteiger partial charge is 0.318 e. The number of hydrogen-bond acceptors (Lipinski definition) is 4. The van der Waals surface area contributed by atoms with Gasteiger partial charge in [-0.1, -0.05) is 31.5 Å². The van der Waals surface area contributed by atoms with Gasteiger partial charge in [0.2, 0.25) is 0 Å². The van der Waals surface area contributed by atoms with E-state index < -0.39 is 5.91 Å². The fourth-order valence-corrected chi connectivity index (χ4v) is 2.70. The van der Waals surface area contributed by atoms with Gasteiger partial charge in [0.1, 0.15) is 18.1 Å². The highest BCUT2D eigenvalue weighted by Gasteiger charge is 2.14. The summed E-state index contributed by atoms with van der Waals surface area (Å²) in [6, 6.07) is 12.7. The number of imidazole rings is 1. The lowest BCUT2D eigenvalue weighted by molar-refractivity contribution is -0.122. The minimum Gasteiger partial charge on any atom is -0.318 e. The lowest BCUT2D eigenvalue weighted by Crippen LogP contribution is -2.43. The normalized spacial score (nSPS) is 10.7. The highest BCUT2D eigenvalue weighted by Crippen LogP contribution is 2.17. The zero-order valence-electron chi connectivity index (χ0n) is 14.6. The number of nitrogens with one attached hydrogen (secondary N) is 2. The molecule has 7 nitrogen and oxygen atoms in total. The van der Waals surface area contributed by atoms with Crippen molar-refractivity contribution in [2.75, 3.05) is 0 Å². The number of aromatic nitrogens is 3. The van der Waals surface area contributed by atoms with Crippen LogP contribution in [0.25, 0.3) is 11.0 Å². The third-order valence-electron chi connectivity index (χ3n) is 4.00. The number of hydrogen-bond donors (Lipinski definition) is 2. The second-order valence-electron chi connectivity index (χ2n) is 5.92. The maximum absolute atomic E-state index is 12.3. The van der Waals surface area contributed by atoms with E-state index in [1.807, 2.05) is 28.8 Å². The van der Waals surface area contributed by atoms with Crippen LogP contribution in [0.5, 0.6) is 0 Å². The Morgan fingerprint density at radius 1 is 1.08 bits per heavy atom. The number of amides is 2. The summed E-state index contributed by atoms with van der Waals surface area (Å²) in [6.45, 7) is 2.20. The fourth-order valence-electron chi connectivity index (χ4n) is 2.70. The van der Waals surface area contributed by atoms with E-state index in [9.17, 15) is 9.59 Å². The van der Waals surface area contributed by atoms with E-state index in [0.29, 0.717) is 0 Å². The Bertz CT molecular complexity index is 905.